The predicted octanol–water partition coefficient (Wildman–Crippen LogP) is 4.90. The van der Waals surface area contributed by atoms with Crippen LogP contribution in [0.3, 0.4) is 0 Å². The molecule has 1 aliphatic carbocycles. The Labute approximate surface area is 166 Å². The fraction of sp³-hybridized carbons (Fsp3) is 0.526. The molecule has 0 radical (unpaired) electrons. The second-order valence-electron chi connectivity index (χ2n) is 6.76. The molecular weight excluding hydrogens is 379 g/mol. The molecule has 1 aromatic rings. The summed E-state index contributed by atoms with van der Waals surface area (Å²) in [6.07, 6.45) is 9.54. The van der Waals surface area contributed by atoms with Crippen molar-refractivity contribution in [1.29, 1.82) is 0 Å². The van der Waals surface area contributed by atoms with Crippen LogP contribution < -0.4 is 0 Å². The maximum atomic E-state index is 12.6. The van der Waals surface area contributed by atoms with Gasteiger partial charge in [-0.1, -0.05) is 29.3 Å². The van der Waals surface area contributed by atoms with E-state index in [9.17, 15) is 4.79 Å². The van der Waals surface area contributed by atoms with Gasteiger partial charge in [-0.15, -0.1) is 12.4 Å². The maximum Gasteiger partial charge on any atom is 0.246 e. The number of hydrogen-bond donors (Lipinski definition) is 0. The number of halogens is 3. The molecule has 3 rings (SSSR count). The average molecular weight is 404 g/mol. The van der Waals surface area contributed by atoms with Gasteiger partial charge in [-0.25, -0.2) is 0 Å². The molecule has 0 spiro atoms. The quantitative estimate of drug-likeness (QED) is 0.667. The van der Waals surface area contributed by atoms with E-state index in [1.807, 2.05) is 18.0 Å². The van der Waals surface area contributed by atoms with E-state index in [4.69, 9.17) is 23.2 Å². The molecule has 0 N–H and O–H groups in total. The lowest BCUT2D eigenvalue weighted by atomic mass is 10.1. The third-order valence-electron chi connectivity index (χ3n) is 5.26. The number of carbonyl (C=O) groups is 1. The van der Waals surface area contributed by atoms with Gasteiger partial charge >= 0.3 is 0 Å². The molecule has 0 unspecified atom stereocenters. The summed E-state index contributed by atoms with van der Waals surface area (Å²) in [7, 11) is 1.93. The Kier molecular flexibility index (Phi) is 7.63. The SMILES string of the molecule is CN(C(=O)C=Cc1ccc(Cl)c(Cl)c1)[C@H]1CCC[C@@H]1N1CCCC1.Cl. The average Bonchev–Trinajstić information content (AvgIpc) is 3.25. The number of benzene rings is 1. The van der Waals surface area contributed by atoms with Gasteiger partial charge in [0.25, 0.3) is 0 Å². The van der Waals surface area contributed by atoms with Gasteiger partial charge in [-0.05, 0) is 69.0 Å². The van der Waals surface area contributed by atoms with Crippen molar-refractivity contribution in [2.24, 2.45) is 0 Å². The minimum absolute atomic E-state index is 0. The van der Waals surface area contributed by atoms with Crippen molar-refractivity contribution < 1.29 is 4.79 Å². The highest BCUT2D eigenvalue weighted by Crippen LogP contribution is 2.30. The summed E-state index contributed by atoms with van der Waals surface area (Å²) in [6.45, 7) is 2.37. The molecule has 1 saturated carbocycles. The van der Waals surface area contributed by atoms with Crippen LogP contribution in [0.5, 0.6) is 0 Å². The normalized spacial score (nSPS) is 23.8. The van der Waals surface area contributed by atoms with E-state index in [1.165, 1.54) is 38.8 Å². The summed E-state index contributed by atoms with van der Waals surface area (Å²) < 4.78 is 0. The minimum atomic E-state index is 0. The van der Waals surface area contributed by atoms with Crippen molar-refractivity contribution in [3.05, 3.63) is 39.9 Å². The lowest BCUT2D eigenvalue weighted by molar-refractivity contribution is -0.127. The van der Waals surface area contributed by atoms with Crippen molar-refractivity contribution in [2.75, 3.05) is 20.1 Å². The molecule has 3 nitrogen and oxygen atoms in total. The Morgan fingerprint density at radius 2 is 1.88 bits per heavy atom. The van der Waals surface area contributed by atoms with Crippen LogP contribution in [0.15, 0.2) is 24.3 Å². The van der Waals surface area contributed by atoms with E-state index in [2.05, 4.69) is 4.90 Å². The van der Waals surface area contributed by atoms with Gasteiger partial charge in [0.2, 0.25) is 5.91 Å². The summed E-state index contributed by atoms with van der Waals surface area (Å²) in [5.74, 6) is 0.0529. The molecule has 6 heteroatoms. The molecule has 138 valence electrons. The van der Waals surface area contributed by atoms with Gasteiger partial charge in [0.15, 0.2) is 0 Å². The number of nitrogens with zero attached hydrogens (tertiary/aromatic N) is 2. The Morgan fingerprint density at radius 3 is 2.56 bits per heavy atom. The van der Waals surface area contributed by atoms with Crippen LogP contribution in [0.1, 0.15) is 37.7 Å². The smallest absolute Gasteiger partial charge is 0.246 e. The van der Waals surface area contributed by atoms with E-state index in [-0.39, 0.29) is 18.3 Å². The van der Waals surface area contributed by atoms with Crippen molar-refractivity contribution in [2.45, 2.75) is 44.2 Å². The number of hydrogen-bond acceptors (Lipinski definition) is 2. The van der Waals surface area contributed by atoms with Gasteiger partial charge in [0.05, 0.1) is 10.0 Å². The van der Waals surface area contributed by atoms with E-state index >= 15 is 0 Å². The van der Waals surface area contributed by atoms with Crippen LogP contribution >= 0.6 is 35.6 Å². The number of amides is 1. The molecule has 0 bridgehead atoms. The zero-order chi connectivity index (χ0) is 17.1. The third kappa shape index (κ3) is 4.91. The predicted molar refractivity (Wildman–Crippen MR) is 108 cm³/mol. The Morgan fingerprint density at radius 1 is 1.16 bits per heavy atom. The summed E-state index contributed by atoms with van der Waals surface area (Å²) in [4.78, 5) is 17.1. The van der Waals surface area contributed by atoms with E-state index in [0.29, 0.717) is 22.1 Å². The van der Waals surface area contributed by atoms with Crippen molar-refractivity contribution in [3.8, 4) is 0 Å². The van der Waals surface area contributed by atoms with Gasteiger partial charge in [-0.3, -0.25) is 9.69 Å². The van der Waals surface area contributed by atoms with Gasteiger partial charge < -0.3 is 4.90 Å². The second kappa shape index (κ2) is 9.27. The monoisotopic (exact) mass is 402 g/mol. The number of carbonyl (C=O) groups excluding carboxylic acids is 1. The molecule has 25 heavy (non-hydrogen) atoms. The molecule has 2 fully saturated rings. The van der Waals surface area contributed by atoms with Crippen LogP contribution in [-0.2, 0) is 4.79 Å². The van der Waals surface area contributed by atoms with Crippen LogP contribution in [0, 0.1) is 0 Å². The fourth-order valence-corrected chi connectivity index (χ4v) is 4.24. The number of likely N-dealkylation sites (tertiary alicyclic amines) is 1. The first-order valence-electron chi connectivity index (χ1n) is 8.70. The summed E-state index contributed by atoms with van der Waals surface area (Å²) in [6, 6.07) is 6.24. The first-order valence-corrected chi connectivity index (χ1v) is 9.46. The molecule has 1 saturated heterocycles. The largest absolute Gasteiger partial charge is 0.338 e. The van der Waals surface area contributed by atoms with Crippen LogP contribution in [0.4, 0.5) is 0 Å². The topological polar surface area (TPSA) is 23.6 Å². The molecule has 2 aliphatic rings. The van der Waals surface area contributed by atoms with E-state index in [1.54, 1.807) is 24.3 Å². The highest BCUT2D eigenvalue weighted by atomic mass is 35.5. The Bertz CT molecular complexity index is 629. The first-order chi connectivity index (χ1) is 11.6. The highest BCUT2D eigenvalue weighted by Gasteiger charge is 2.36. The van der Waals surface area contributed by atoms with Gasteiger partial charge in [0.1, 0.15) is 0 Å². The lowest BCUT2D eigenvalue weighted by Gasteiger charge is -2.34. The zero-order valence-corrected chi connectivity index (χ0v) is 16.8. The first kappa shape index (κ1) is 20.6. The van der Waals surface area contributed by atoms with E-state index in [0.717, 1.165) is 12.0 Å². The lowest BCUT2D eigenvalue weighted by Crippen LogP contribution is -2.48. The molecule has 1 aliphatic heterocycles. The van der Waals surface area contributed by atoms with Crippen LogP contribution in [-0.4, -0.2) is 47.9 Å². The second-order valence-corrected chi connectivity index (χ2v) is 7.58. The molecule has 1 heterocycles. The van der Waals surface area contributed by atoms with Crippen LogP contribution in [0.2, 0.25) is 10.0 Å². The van der Waals surface area contributed by atoms with Crippen molar-refractivity contribution in [1.82, 2.24) is 9.80 Å². The Balaban J connectivity index is 0.00000225. The Hall–Kier alpha value is -0.740. The van der Waals surface area contributed by atoms with Gasteiger partial charge in [-0.2, -0.15) is 0 Å². The van der Waals surface area contributed by atoms with Crippen molar-refractivity contribution in [3.63, 3.8) is 0 Å². The van der Waals surface area contributed by atoms with Gasteiger partial charge in [0, 0.05) is 25.2 Å². The number of rotatable bonds is 4. The molecule has 1 amide bonds. The maximum absolute atomic E-state index is 12.6. The molecule has 0 aromatic heterocycles. The van der Waals surface area contributed by atoms with Crippen LogP contribution in [0.25, 0.3) is 6.08 Å². The summed E-state index contributed by atoms with van der Waals surface area (Å²) >= 11 is 11.9. The molecule has 2 atom stereocenters. The summed E-state index contributed by atoms with van der Waals surface area (Å²) in [5, 5.41) is 1.03. The van der Waals surface area contributed by atoms with E-state index < -0.39 is 0 Å². The summed E-state index contributed by atoms with van der Waals surface area (Å²) in [5.41, 5.74) is 0.883. The molecule has 1 aromatic carbocycles. The zero-order valence-electron chi connectivity index (χ0n) is 14.5. The van der Waals surface area contributed by atoms with Crippen molar-refractivity contribution >= 4 is 47.6 Å². The third-order valence-corrected chi connectivity index (χ3v) is 6.00. The highest BCUT2D eigenvalue weighted by molar-refractivity contribution is 6.42. The standard InChI is InChI=1S/C19H24Cl2N2O.ClH/c1-22(17-5-4-6-18(17)23-11-2-3-12-23)19(24)10-8-14-7-9-15(20)16(21)13-14;/h7-10,13,17-18H,2-6,11-12H2,1H3;1H/t17-,18-;/m0./s1. The molecular formula is C19H25Cl3N2O. The fourth-order valence-electron chi connectivity index (χ4n) is 3.94. The minimum Gasteiger partial charge on any atom is -0.338 e. The number of likely N-dealkylation sites (N-methyl/N-ethyl adjacent to an activating group) is 1.